The van der Waals surface area contributed by atoms with Crippen molar-refractivity contribution in [1.29, 1.82) is 0 Å². The van der Waals surface area contributed by atoms with Gasteiger partial charge in [-0.2, -0.15) is 0 Å². The zero-order valence-electron chi connectivity index (χ0n) is 10.9. The molecule has 0 bridgehead atoms. The lowest BCUT2D eigenvalue weighted by Crippen LogP contribution is -2.25. The zero-order chi connectivity index (χ0) is 12.8. The van der Waals surface area contributed by atoms with Crippen molar-refractivity contribution in [3.63, 3.8) is 0 Å². The zero-order valence-corrected chi connectivity index (χ0v) is 12.5. The summed E-state index contributed by atoms with van der Waals surface area (Å²) in [4.78, 5) is 8.41. The summed E-state index contributed by atoms with van der Waals surface area (Å²) >= 11 is 3.51. The molecule has 0 saturated carbocycles. The van der Waals surface area contributed by atoms with Gasteiger partial charge < -0.3 is 10.6 Å². The number of aromatic nitrogens is 2. The quantitative estimate of drug-likeness (QED) is 0.844. The molecule has 0 aliphatic heterocycles. The summed E-state index contributed by atoms with van der Waals surface area (Å²) in [6.45, 7) is 6.64. The maximum absolute atomic E-state index is 4.27. The molecule has 0 radical (unpaired) electrons. The predicted octanol–water partition coefficient (Wildman–Crippen LogP) is 3.52. The molecule has 0 aliphatic rings. The Hall–Kier alpha value is -0.840. The minimum absolute atomic E-state index is 0.404. The summed E-state index contributed by atoms with van der Waals surface area (Å²) in [6, 6.07) is 0.404. The maximum atomic E-state index is 4.27. The standard InChI is InChI=1S/C12H21BrN4/c1-5-9(6-2)8(3)17-12-10(13)11(14-4)15-7-16-12/h7-9H,5-6H2,1-4H3,(H2,14,15,16,17). The van der Waals surface area contributed by atoms with Crippen LogP contribution in [0, 0.1) is 5.92 Å². The van der Waals surface area contributed by atoms with Crippen LogP contribution in [0.1, 0.15) is 33.6 Å². The van der Waals surface area contributed by atoms with E-state index in [9.17, 15) is 0 Å². The van der Waals surface area contributed by atoms with Gasteiger partial charge in [-0.1, -0.05) is 26.7 Å². The fraction of sp³-hybridized carbons (Fsp3) is 0.667. The van der Waals surface area contributed by atoms with E-state index in [1.165, 1.54) is 12.8 Å². The Kier molecular flexibility index (Phi) is 5.68. The highest BCUT2D eigenvalue weighted by atomic mass is 79.9. The number of halogens is 1. The third-order valence-electron chi connectivity index (χ3n) is 3.15. The maximum Gasteiger partial charge on any atom is 0.146 e. The van der Waals surface area contributed by atoms with Gasteiger partial charge in [-0.15, -0.1) is 0 Å². The van der Waals surface area contributed by atoms with Gasteiger partial charge in [0.15, 0.2) is 0 Å². The fourth-order valence-corrected chi connectivity index (χ4v) is 2.49. The second-order valence-corrected chi connectivity index (χ2v) is 4.94. The number of nitrogens with one attached hydrogen (secondary N) is 2. The van der Waals surface area contributed by atoms with Crippen molar-refractivity contribution in [2.24, 2.45) is 5.92 Å². The first kappa shape index (κ1) is 14.2. The molecule has 1 aromatic heterocycles. The van der Waals surface area contributed by atoms with Gasteiger partial charge in [0, 0.05) is 13.1 Å². The van der Waals surface area contributed by atoms with Crippen LogP contribution < -0.4 is 10.6 Å². The molecule has 0 saturated heterocycles. The number of rotatable bonds is 6. The van der Waals surface area contributed by atoms with Crippen LogP contribution in [0.4, 0.5) is 11.6 Å². The van der Waals surface area contributed by atoms with E-state index in [1.807, 2.05) is 7.05 Å². The average molecular weight is 301 g/mol. The Labute approximate surface area is 112 Å². The molecule has 1 rings (SSSR count). The van der Waals surface area contributed by atoms with Crippen LogP contribution in [-0.4, -0.2) is 23.1 Å². The van der Waals surface area contributed by atoms with Crippen LogP contribution in [0.2, 0.25) is 0 Å². The van der Waals surface area contributed by atoms with E-state index in [0.29, 0.717) is 12.0 Å². The molecule has 17 heavy (non-hydrogen) atoms. The van der Waals surface area contributed by atoms with Crippen LogP contribution in [0.3, 0.4) is 0 Å². The van der Waals surface area contributed by atoms with Crippen molar-refractivity contribution in [2.75, 3.05) is 17.7 Å². The fourth-order valence-electron chi connectivity index (χ4n) is 1.97. The molecule has 5 heteroatoms. The van der Waals surface area contributed by atoms with Crippen molar-refractivity contribution in [2.45, 2.75) is 39.7 Å². The molecule has 0 aliphatic carbocycles. The summed E-state index contributed by atoms with van der Waals surface area (Å²) in [6.07, 6.45) is 3.91. The highest BCUT2D eigenvalue weighted by Crippen LogP contribution is 2.28. The molecule has 1 unspecified atom stereocenters. The topological polar surface area (TPSA) is 49.8 Å². The third kappa shape index (κ3) is 3.56. The Morgan fingerprint density at radius 2 is 1.82 bits per heavy atom. The lowest BCUT2D eigenvalue weighted by atomic mass is 9.95. The van der Waals surface area contributed by atoms with E-state index in [1.54, 1.807) is 6.33 Å². The minimum atomic E-state index is 0.404. The monoisotopic (exact) mass is 300 g/mol. The van der Waals surface area contributed by atoms with Gasteiger partial charge in [-0.25, -0.2) is 9.97 Å². The Morgan fingerprint density at radius 3 is 2.35 bits per heavy atom. The van der Waals surface area contributed by atoms with E-state index in [4.69, 9.17) is 0 Å². The first-order chi connectivity index (χ1) is 8.13. The average Bonchev–Trinajstić information content (AvgIpc) is 2.33. The highest BCUT2D eigenvalue weighted by Gasteiger charge is 2.16. The van der Waals surface area contributed by atoms with E-state index in [2.05, 4.69) is 57.3 Å². The van der Waals surface area contributed by atoms with E-state index >= 15 is 0 Å². The number of nitrogens with zero attached hydrogens (tertiary/aromatic N) is 2. The molecule has 1 aromatic rings. The molecule has 4 nitrogen and oxygen atoms in total. The van der Waals surface area contributed by atoms with Crippen molar-refractivity contribution in [1.82, 2.24) is 9.97 Å². The summed E-state index contributed by atoms with van der Waals surface area (Å²) in [7, 11) is 1.85. The molecule has 0 fully saturated rings. The van der Waals surface area contributed by atoms with Gasteiger partial charge in [0.05, 0.1) is 0 Å². The minimum Gasteiger partial charge on any atom is -0.372 e. The Balaban J connectivity index is 2.81. The smallest absolute Gasteiger partial charge is 0.146 e. The van der Waals surface area contributed by atoms with Crippen LogP contribution >= 0.6 is 15.9 Å². The molecule has 0 spiro atoms. The highest BCUT2D eigenvalue weighted by molar-refractivity contribution is 9.10. The number of hydrogen-bond donors (Lipinski definition) is 2. The molecular weight excluding hydrogens is 280 g/mol. The van der Waals surface area contributed by atoms with Gasteiger partial charge >= 0.3 is 0 Å². The summed E-state index contributed by atoms with van der Waals surface area (Å²) in [5, 5.41) is 6.48. The number of hydrogen-bond acceptors (Lipinski definition) is 4. The van der Waals surface area contributed by atoms with Gasteiger partial charge in [0.2, 0.25) is 0 Å². The third-order valence-corrected chi connectivity index (χ3v) is 3.90. The van der Waals surface area contributed by atoms with Crippen LogP contribution in [-0.2, 0) is 0 Å². The molecule has 96 valence electrons. The lowest BCUT2D eigenvalue weighted by Gasteiger charge is -2.23. The predicted molar refractivity (Wildman–Crippen MR) is 76.4 cm³/mol. The van der Waals surface area contributed by atoms with Gasteiger partial charge in [-0.05, 0) is 28.8 Å². The number of anilines is 2. The molecule has 2 N–H and O–H groups in total. The molecule has 1 atom stereocenters. The van der Waals surface area contributed by atoms with E-state index in [-0.39, 0.29) is 0 Å². The molecule has 0 aromatic carbocycles. The second-order valence-electron chi connectivity index (χ2n) is 4.14. The van der Waals surface area contributed by atoms with Crippen molar-refractivity contribution < 1.29 is 0 Å². The molecular formula is C12H21BrN4. The molecule has 0 amide bonds. The summed E-state index contributed by atoms with van der Waals surface area (Å²) < 4.78 is 0.889. The SMILES string of the molecule is CCC(CC)C(C)Nc1ncnc(NC)c1Br. The van der Waals surface area contributed by atoms with Gasteiger partial charge in [-0.3, -0.25) is 0 Å². The normalized spacial score (nSPS) is 12.6. The Bertz CT molecular complexity index is 352. The lowest BCUT2D eigenvalue weighted by molar-refractivity contribution is 0.437. The summed E-state index contributed by atoms with van der Waals surface area (Å²) in [5.41, 5.74) is 0. The van der Waals surface area contributed by atoms with Gasteiger partial charge in [0.1, 0.15) is 22.4 Å². The van der Waals surface area contributed by atoms with Crippen LogP contribution in [0.25, 0.3) is 0 Å². The van der Waals surface area contributed by atoms with Crippen molar-refractivity contribution in [3.8, 4) is 0 Å². The first-order valence-corrected chi connectivity index (χ1v) is 6.88. The van der Waals surface area contributed by atoms with E-state index < -0.39 is 0 Å². The van der Waals surface area contributed by atoms with Gasteiger partial charge in [0.25, 0.3) is 0 Å². The van der Waals surface area contributed by atoms with Crippen molar-refractivity contribution >= 4 is 27.6 Å². The van der Waals surface area contributed by atoms with Crippen LogP contribution in [0.15, 0.2) is 10.8 Å². The summed E-state index contributed by atoms with van der Waals surface area (Å²) in [5.74, 6) is 2.32. The van der Waals surface area contributed by atoms with Crippen molar-refractivity contribution in [3.05, 3.63) is 10.8 Å². The van der Waals surface area contributed by atoms with Crippen LogP contribution in [0.5, 0.6) is 0 Å². The molecule has 1 heterocycles. The largest absolute Gasteiger partial charge is 0.372 e. The van der Waals surface area contributed by atoms with E-state index in [0.717, 1.165) is 16.1 Å². The Morgan fingerprint density at radius 1 is 1.24 bits per heavy atom. The first-order valence-electron chi connectivity index (χ1n) is 6.08. The second kappa shape index (κ2) is 6.79.